The van der Waals surface area contributed by atoms with Gasteiger partial charge < -0.3 is 5.32 Å². The Morgan fingerprint density at radius 1 is 1.35 bits per heavy atom. The van der Waals surface area contributed by atoms with Crippen molar-refractivity contribution in [2.45, 2.75) is 33.2 Å². The maximum Gasteiger partial charge on any atom is 0.279 e. The largest absolute Gasteiger partial charge is 0.323 e. The third kappa shape index (κ3) is 3.34. The zero-order valence-corrected chi connectivity index (χ0v) is 16.7. The van der Waals surface area contributed by atoms with Gasteiger partial charge in [0.1, 0.15) is 6.04 Å². The van der Waals surface area contributed by atoms with Crippen molar-refractivity contribution in [2.75, 3.05) is 5.32 Å². The summed E-state index contributed by atoms with van der Waals surface area (Å²) < 4.78 is 1.14. The van der Waals surface area contributed by atoms with Crippen LogP contribution in [-0.4, -0.2) is 20.9 Å². The van der Waals surface area contributed by atoms with Crippen LogP contribution in [0.15, 0.2) is 23.0 Å². The number of carbonyl (C=O) groups excluding carboxylic acids is 1. The van der Waals surface area contributed by atoms with Gasteiger partial charge in [-0.3, -0.25) is 9.59 Å². The molecule has 2 aromatic heterocycles. The molecule has 0 aliphatic rings. The second-order valence-corrected chi connectivity index (χ2v) is 7.89. The summed E-state index contributed by atoms with van der Waals surface area (Å²) in [4.78, 5) is 27.2. The first-order valence-electron chi connectivity index (χ1n) is 7.94. The van der Waals surface area contributed by atoms with Crippen LogP contribution in [0.5, 0.6) is 0 Å². The fourth-order valence-electron chi connectivity index (χ4n) is 2.66. The second kappa shape index (κ2) is 7.34. The molecule has 0 saturated carbocycles. The Morgan fingerprint density at radius 3 is 2.73 bits per heavy atom. The molecule has 6 nitrogen and oxygen atoms in total. The number of carbonyl (C=O) groups is 1. The lowest BCUT2D eigenvalue weighted by atomic mass is 10.2. The topological polar surface area (TPSA) is 76.9 Å². The number of nitrogens with zero attached hydrogens (tertiary/aromatic N) is 3. The lowest BCUT2D eigenvalue weighted by Gasteiger charge is -2.16. The molecule has 0 bridgehead atoms. The number of halogens is 2. The molecular weight excluding hydrogens is 395 g/mol. The monoisotopic (exact) mass is 410 g/mol. The van der Waals surface area contributed by atoms with E-state index in [0.29, 0.717) is 32.4 Å². The Kier molecular flexibility index (Phi) is 5.32. The number of hydrogen-bond donors (Lipinski definition) is 1. The SMILES string of the molecule is CCC(C(=O)Nc1ccc(Cl)cc1Cl)n1nnc2sc(C)c(C)c2c1=O. The average molecular weight is 411 g/mol. The molecule has 3 rings (SSSR count). The zero-order valence-electron chi connectivity index (χ0n) is 14.3. The summed E-state index contributed by atoms with van der Waals surface area (Å²) in [6.07, 6.45) is 0.374. The van der Waals surface area contributed by atoms with E-state index in [4.69, 9.17) is 23.2 Å². The highest BCUT2D eigenvalue weighted by Gasteiger charge is 2.24. The highest BCUT2D eigenvalue weighted by Crippen LogP contribution is 2.27. The lowest BCUT2D eigenvalue weighted by Crippen LogP contribution is -2.35. The van der Waals surface area contributed by atoms with Crippen molar-refractivity contribution < 1.29 is 4.79 Å². The number of aromatic nitrogens is 3. The fraction of sp³-hybridized carbons (Fsp3) is 0.294. The van der Waals surface area contributed by atoms with E-state index >= 15 is 0 Å². The normalized spacial score (nSPS) is 12.3. The summed E-state index contributed by atoms with van der Waals surface area (Å²) in [6, 6.07) is 3.97. The molecule has 3 aromatic rings. The first-order valence-corrected chi connectivity index (χ1v) is 9.51. The third-order valence-corrected chi connectivity index (χ3v) is 5.83. The molecule has 0 fully saturated rings. The van der Waals surface area contributed by atoms with Crippen LogP contribution in [0.2, 0.25) is 10.0 Å². The first-order chi connectivity index (χ1) is 12.3. The van der Waals surface area contributed by atoms with Crippen molar-refractivity contribution in [1.29, 1.82) is 0 Å². The summed E-state index contributed by atoms with van der Waals surface area (Å²) in [5.41, 5.74) is 0.972. The molecular formula is C17H16Cl2N4O2S. The Labute approximate surface area is 163 Å². The highest BCUT2D eigenvalue weighted by atomic mass is 35.5. The Balaban J connectivity index is 1.99. The second-order valence-electron chi connectivity index (χ2n) is 5.84. The molecule has 1 aromatic carbocycles. The van der Waals surface area contributed by atoms with Crippen molar-refractivity contribution in [3.8, 4) is 0 Å². The van der Waals surface area contributed by atoms with E-state index in [1.165, 1.54) is 17.4 Å². The maximum absolute atomic E-state index is 12.9. The predicted molar refractivity (Wildman–Crippen MR) is 106 cm³/mol. The molecule has 136 valence electrons. The smallest absolute Gasteiger partial charge is 0.279 e. The molecule has 1 atom stereocenters. The van der Waals surface area contributed by atoms with Gasteiger partial charge >= 0.3 is 0 Å². The number of anilines is 1. The average Bonchev–Trinajstić information content (AvgIpc) is 2.88. The Hall–Kier alpha value is -1.96. The summed E-state index contributed by atoms with van der Waals surface area (Å²) >= 11 is 13.4. The zero-order chi connectivity index (χ0) is 19.0. The number of benzene rings is 1. The molecule has 0 radical (unpaired) electrons. The summed E-state index contributed by atoms with van der Waals surface area (Å²) in [6.45, 7) is 5.60. The summed E-state index contributed by atoms with van der Waals surface area (Å²) in [5, 5.41) is 12.1. The molecule has 26 heavy (non-hydrogen) atoms. The van der Waals surface area contributed by atoms with Gasteiger partial charge in [0.25, 0.3) is 5.56 Å². The number of aryl methyl sites for hydroxylation is 2. The molecule has 1 amide bonds. The number of rotatable bonds is 4. The number of hydrogen-bond acceptors (Lipinski definition) is 5. The van der Waals surface area contributed by atoms with Crippen molar-refractivity contribution >= 4 is 56.3 Å². The van der Waals surface area contributed by atoms with Crippen molar-refractivity contribution in [3.05, 3.63) is 49.0 Å². The Morgan fingerprint density at radius 2 is 2.08 bits per heavy atom. The molecule has 0 saturated heterocycles. The van der Waals surface area contributed by atoms with E-state index in [1.807, 2.05) is 13.8 Å². The highest BCUT2D eigenvalue weighted by molar-refractivity contribution is 7.18. The molecule has 0 aliphatic carbocycles. The lowest BCUT2D eigenvalue weighted by molar-refractivity contribution is -0.119. The van der Waals surface area contributed by atoms with Crippen molar-refractivity contribution in [2.24, 2.45) is 0 Å². The van der Waals surface area contributed by atoms with Gasteiger partial charge in [0.15, 0.2) is 4.83 Å². The van der Waals surface area contributed by atoms with Crippen LogP contribution >= 0.6 is 34.5 Å². The van der Waals surface area contributed by atoms with Crippen LogP contribution in [0.1, 0.15) is 29.8 Å². The Bertz CT molecular complexity index is 1060. The molecule has 2 heterocycles. The third-order valence-electron chi connectivity index (χ3n) is 4.19. The molecule has 0 aliphatic heterocycles. The van der Waals surface area contributed by atoms with Crippen LogP contribution in [0, 0.1) is 13.8 Å². The van der Waals surface area contributed by atoms with E-state index in [2.05, 4.69) is 15.6 Å². The maximum atomic E-state index is 12.9. The van der Waals surface area contributed by atoms with Crippen LogP contribution in [0.25, 0.3) is 10.2 Å². The van der Waals surface area contributed by atoms with Gasteiger partial charge in [0.2, 0.25) is 5.91 Å². The van der Waals surface area contributed by atoms with Gasteiger partial charge in [-0.05, 0) is 44.0 Å². The molecule has 1 N–H and O–H groups in total. The van der Waals surface area contributed by atoms with Gasteiger partial charge in [-0.1, -0.05) is 35.3 Å². The van der Waals surface area contributed by atoms with Gasteiger partial charge in [-0.25, -0.2) is 0 Å². The van der Waals surface area contributed by atoms with Gasteiger partial charge in [-0.2, -0.15) is 4.68 Å². The van der Waals surface area contributed by atoms with Crippen LogP contribution in [-0.2, 0) is 4.79 Å². The quantitative estimate of drug-likeness (QED) is 0.692. The van der Waals surface area contributed by atoms with Crippen molar-refractivity contribution in [1.82, 2.24) is 15.0 Å². The van der Waals surface area contributed by atoms with E-state index in [1.54, 1.807) is 19.1 Å². The number of fused-ring (bicyclic) bond motifs is 1. The van der Waals surface area contributed by atoms with Crippen LogP contribution in [0.3, 0.4) is 0 Å². The summed E-state index contributed by atoms with van der Waals surface area (Å²) in [5.74, 6) is -0.392. The minimum Gasteiger partial charge on any atom is -0.323 e. The van der Waals surface area contributed by atoms with Gasteiger partial charge in [-0.15, -0.1) is 16.4 Å². The molecule has 0 spiro atoms. The number of thiophene rings is 1. The van der Waals surface area contributed by atoms with Gasteiger partial charge in [0, 0.05) is 9.90 Å². The minimum absolute atomic E-state index is 0.318. The first kappa shape index (κ1) is 18.8. The van der Waals surface area contributed by atoms with Crippen LogP contribution < -0.4 is 10.9 Å². The number of nitrogens with one attached hydrogen (secondary N) is 1. The van der Waals surface area contributed by atoms with E-state index < -0.39 is 11.9 Å². The summed E-state index contributed by atoms with van der Waals surface area (Å²) in [7, 11) is 0. The standard InChI is InChI=1S/C17H16Cl2N4O2S/c1-4-13(15(24)20-12-6-5-10(18)7-11(12)19)23-17(25)14-8(2)9(3)26-16(14)21-22-23/h5-7,13H,4H2,1-3H3,(H,20,24). The molecule has 1 unspecified atom stereocenters. The predicted octanol–water partition coefficient (Wildman–Crippen LogP) is 4.37. The van der Waals surface area contributed by atoms with Crippen LogP contribution in [0.4, 0.5) is 5.69 Å². The van der Waals surface area contributed by atoms with E-state index in [-0.39, 0.29) is 5.56 Å². The minimum atomic E-state index is -0.800. The number of amides is 1. The van der Waals surface area contributed by atoms with E-state index in [9.17, 15) is 9.59 Å². The van der Waals surface area contributed by atoms with Gasteiger partial charge in [0.05, 0.1) is 16.1 Å². The van der Waals surface area contributed by atoms with E-state index in [0.717, 1.165) is 15.1 Å². The molecule has 9 heteroatoms. The fourth-order valence-corrected chi connectivity index (χ4v) is 4.08. The van der Waals surface area contributed by atoms with Crippen molar-refractivity contribution in [3.63, 3.8) is 0 Å².